The Morgan fingerprint density at radius 1 is 0.718 bits per heavy atom. The van der Waals surface area contributed by atoms with E-state index < -0.39 is 8.80 Å². The summed E-state index contributed by atoms with van der Waals surface area (Å²) in [6.07, 6.45) is 32.1. The van der Waals surface area contributed by atoms with Gasteiger partial charge in [0, 0.05) is 31.1 Å². The normalized spacial score (nSPS) is 21.1. The van der Waals surface area contributed by atoms with Crippen LogP contribution in [0.1, 0.15) is 175 Å². The molecule has 0 aromatic heterocycles. The molecule has 6 heteroatoms. The third-order valence-corrected chi connectivity index (χ3v) is 11.5. The van der Waals surface area contributed by atoms with Crippen LogP contribution in [0.25, 0.3) is 0 Å². The second-order valence-corrected chi connectivity index (χ2v) is 15.8. The van der Waals surface area contributed by atoms with Gasteiger partial charge < -0.3 is 8.85 Å². The summed E-state index contributed by atoms with van der Waals surface area (Å²) >= 11 is 4.90. The van der Waals surface area contributed by atoms with Crippen molar-refractivity contribution >= 4 is 21.4 Å². The average Bonchev–Trinajstić information content (AvgIpc) is 2.92. The summed E-state index contributed by atoms with van der Waals surface area (Å²) < 4.78 is 19.0. The number of hydrogen-bond acceptors (Lipinski definition) is 5. The highest BCUT2D eigenvalue weighted by Crippen LogP contribution is 2.25. The van der Waals surface area contributed by atoms with Crippen molar-refractivity contribution in [3.05, 3.63) is 0 Å². The molecule has 1 aliphatic rings. The zero-order valence-electron chi connectivity index (χ0n) is 26.6. The monoisotopic (exact) mass is 587 g/mol. The fourth-order valence-corrected chi connectivity index (χ4v) is 8.49. The van der Waals surface area contributed by atoms with Crippen LogP contribution in [-0.4, -0.2) is 33.8 Å². The molecule has 0 aromatic carbocycles. The maximum absolute atomic E-state index is 6.47. The van der Waals surface area contributed by atoms with Gasteiger partial charge in [-0.1, -0.05) is 149 Å². The van der Waals surface area contributed by atoms with E-state index in [-0.39, 0.29) is 0 Å². The second kappa shape index (κ2) is 27.3. The molecule has 1 N–H and O–H groups in total. The van der Waals surface area contributed by atoms with Crippen molar-refractivity contribution in [3.63, 3.8) is 0 Å². The Labute approximate surface area is 251 Å². The van der Waals surface area contributed by atoms with E-state index in [1.807, 2.05) is 0 Å². The minimum Gasteiger partial charge on any atom is -0.373 e. The molecule has 0 bridgehead atoms. The summed E-state index contributed by atoms with van der Waals surface area (Å²) in [5, 5.41) is 0.409. The molecule has 0 aromatic rings. The highest BCUT2D eigenvalue weighted by Gasteiger charge is 2.43. The van der Waals surface area contributed by atoms with Crippen molar-refractivity contribution < 1.29 is 13.4 Å². The van der Waals surface area contributed by atoms with E-state index in [9.17, 15) is 0 Å². The lowest BCUT2D eigenvalue weighted by Crippen LogP contribution is -2.52. The molecular weight excluding hydrogens is 519 g/mol. The van der Waals surface area contributed by atoms with Crippen molar-refractivity contribution in [1.82, 2.24) is 5.48 Å². The molecule has 0 aliphatic carbocycles. The van der Waals surface area contributed by atoms with Crippen LogP contribution < -0.4 is 5.48 Å². The lowest BCUT2D eigenvalue weighted by molar-refractivity contribution is -0.00198. The van der Waals surface area contributed by atoms with E-state index in [0.29, 0.717) is 11.2 Å². The van der Waals surface area contributed by atoms with Crippen LogP contribution in [0.2, 0.25) is 6.04 Å². The topological polar surface area (TPSA) is 39.7 Å². The van der Waals surface area contributed by atoms with Crippen LogP contribution in [0.3, 0.4) is 0 Å². The fourth-order valence-electron chi connectivity index (χ4n) is 5.46. The van der Waals surface area contributed by atoms with Gasteiger partial charge in [0.05, 0.1) is 0 Å². The molecule has 234 valence electrons. The van der Waals surface area contributed by atoms with E-state index in [1.165, 1.54) is 135 Å². The molecule has 1 heterocycles. The van der Waals surface area contributed by atoms with Crippen LogP contribution in [0.15, 0.2) is 0 Å². The molecule has 3 unspecified atom stereocenters. The maximum atomic E-state index is 6.47. The van der Waals surface area contributed by atoms with Crippen molar-refractivity contribution in [2.75, 3.05) is 19.8 Å². The smallest absolute Gasteiger partial charge is 0.373 e. The minimum absolute atomic E-state index is 0.409. The minimum atomic E-state index is -2.69. The van der Waals surface area contributed by atoms with Crippen molar-refractivity contribution in [2.24, 2.45) is 5.92 Å². The summed E-state index contributed by atoms with van der Waals surface area (Å²) in [6, 6.07) is 0.871. The molecule has 0 saturated carbocycles. The first kappa shape index (κ1) is 37.4. The largest absolute Gasteiger partial charge is 0.517 e. The fraction of sp³-hybridized carbons (Fsp3) is 1.00. The van der Waals surface area contributed by atoms with Gasteiger partial charge in [-0.3, -0.25) is 4.53 Å². The van der Waals surface area contributed by atoms with Gasteiger partial charge in [0.15, 0.2) is 0 Å². The number of hydrogen-bond donors (Lipinski definition) is 2. The van der Waals surface area contributed by atoms with E-state index >= 15 is 0 Å². The van der Waals surface area contributed by atoms with E-state index in [1.54, 1.807) is 0 Å². The molecule has 1 aliphatic heterocycles. The lowest BCUT2D eigenvalue weighted by atomic mass is 10.0. The van der Waals surface area contributed by atoms with Gasteiger partial charge in [-0.15, -0.1) is 0 Å². The van der Waals surface area contributed by atoms with Gasteiger partial charge in [-0.2, -0.15) is 12.6 Å². The molecule has 0 spiro atoms. The van der Waals surface area contributed by atoms with Crippen LogP contribution in [0, 0.1) is 5.92 Å². The Kier molecular flexibility index (Phi) is 26.2. The van der Waals surface area contributed by atoms with Crippen LogP contribution in [0.4, 0.5) is 0 Å². The number of hydroxylamine groups is 1. The molecular formula is C33H69NO3SSi. The number of rotatable bonds is 27. The second-order valence-electron chi connectivity index (χ2n) is 12.4. The molecule has 4 nitrogen and oxygen atoms in total. The number of thiol groups is 1. The number of nitrogens with one attached hydrogen (secondary N) is 1. The van der Waals surface area contributed by atoms with Gasteiger partial charge in [-0.25, -0.2) is 5.48 Å². The molecule has 1 fully saturated rings. The predicted molar refractivity (Wildman–Crippen MR) is 176 cm³/mol. The van der Waals surface area contributed by atoms with Crippen LogP contribution in [0.5, 0.6) is 0 Å². The first-order valence-corrected chi connectivity index (χ1v) is 19.9. The van der Waals surface area contributed by atoms with Crippen molar-refractivity contribution in [2.45, 2.75) is 186 Å². The van der Waals surface area contributed by atoms with Crippen LogP contribution >= 0.6 is 12.6 Å². The SMILES string of the molecule is CCCCCCCCCCCCCCCCCCO[Si]1(CCC(S)CCCCCCC)OCCC(C)CNO1. The Morgan fingerprint density at radius 2 is 1.21 bits per heavy atom. The van der Waals surface area contributed by atoms with Gasteiger partial charge in [0.1, 0.15) is 0 Å². The van der Waals surface area contributed by atoms with Gasteiger partial charge >= 0.3 is 8.80 Å². The van der Waals surface area contributed by atoms with Gasteiger partial charge in [-0.05, 0) is 31.6 Å². The Morgan fingerprint density at radius 3 is 1.74 bits per heavy atom. The molecule has 3 atom stereocenters. The molecule has 0 amide bonds. The van der Waals surface area contributed by atoms with Crippen molar-refractivity contribution in [1.29, 1.82) is 0 Å². The highest BCUT2D eigenvalue weighted by atomic mass is 32.1. The average molecular weight is 588 g/mol. The van der Waals surface area contributed by atoms with E-state index in [4.69, 9.17) is 26.0 Å². The summed E-state index contributed by atoms with van der Waals surface area (Å²) in [7, 11) is -2.69. The molecule has 0 radical (unpaired) electrons. The third kappa shape index (κ3) is 22.7. The zero-order valence-corrected chi connectivity index (χ0v) is 28.5. The highest BCUT2D eigenvalue weighted by molar-refractivity contribution is 7.80. The molecule has 39 heavy (non-hydrogen) atoms. The van der Waals surface area contributed by atoms with Gasteiger partial charge in [0.25, 0.3) is 0 Å². The Balaban J connectivity index is 2.13. The summed E-state index contributed by atoms with van der Waals surface area (Å²) in [4.78, 5) is 0. The summed E-state index contributed by atoms with van der Waals surface area (Å²) in [5.41, 5.74) is 3.21. The third-order valence-electron chi connectivity index (χ3n) is 8.34. The Hall–Kier alpha value is 0.407. The summed E-state index contributed by atoms with van der Waals surface area (Å²) in [6.45, 7) is 9.20. The van der Waals surface area contributed by atoms with Crippen molar-refractivity contribution in [3.8, 4) is 0 Å². The Bertz CT molecular complexity index is 503. The standard InChI is InChI=1S/C33H69NO3SSi/c1-4-6-8-10-11-12-13-14-15-16-17-18-19-20-22-24-28-35-39(36-29-26-32(3)31-34-37-39)30-27-33(38)25-23-21-9-7-5-2/h32-34,38H,4-31H2,1-3H3. The molecule has 1 rings (SSSR count). The van der Waals surface area contributed by atoms with Gasteiger partial charge in [0.2, 0.25) is 0 Å². The molecule has 1 saturated heterocycles. The quantitative estimate of drug-likeness (QED) is 0.0569. The number of unbranched alkanes of at least 4 members (excludes halogenated alkanes) is 19. The zero-order chi connectivity index (χ0) is 28.3. The lowest BCUT2D eigenvalue weighted by Gasteiger charge is -2.33. The van der Waals surface area contributed by atoms with E-state index in [2.05, 4.69) is 26.3 Å². The maximum Gasteiger partial charge on any atom is 0.517 e. The predicted octanol–water partition coefficient (Wildman–Crippen LogP) is 10.8. The summed E-state index contributed by atoms with van der Waals surface area (Å²) in [5.74, 6) is 0.568. The first-order valence-electron chi connectivity index (χ1n) is 17.5. The van der Waals surface area contributed by atoms with E-state index in [0.717, 1.165) is 45.1 Å². The van der Waals surface area contributed by atoms with Crippen LogP contribution in [-0.2, 0) is 13.4 Å². The first-order chi connectivity index (χ1) is 19.1.